The Bertz CT molecular complexity index is 221. The van der Waals surface area contributed by atoms with Crippen molar-refractivity contribution in [2.24, 2.45) is 5.73 Å². The molecule has 1 aliphatic carbocycles. The van der Waals surface area contributed by atoms with Gasteiger partial charge in [-0.1, -0.05) is 12.2 Å². The Morgan fingerprint density at radius 3 is 2.15 bits per heavy atom. The van der Waals surface area contributed by atoms with Crippen molar-refractivity contribution in [3.05, 3.63) is 25.3 Å². The summed E-state index contributed by atoms with van der Waals surface area (Å²) in [5.74, 6) is 0.0206. The van der Waals surface area contributed by atoms with Crippen molar-refractivity contribution in [2.75, 3.05) is 13.1 Å². The Kier molecular flexibility index (Phi) is 2.88. The van der Waals surface area contributed by atoms with Crippen LogP contribution in [0.1, 0.15) is 12.8 Å². The van der Waals surface area contributed by atoms with Crippen LogP contribution in [0.3, 0.4) is 0 Å². The third-order valence-electron chi connectivity index (χ3n) is 2.20. The maximum Gasteiger partial charge on any atom is 0.243 e. The molecule has 1 saturated carbocycles. The molecule has 0 saturated heterocycles. The lowest BCUT2D eigenvalue weighted by Crippen LogP contribution is -2.45. The monoisotopic (exact) mass is 180 g/mol. The van der Waals surface area contributed by atoms with Crippen LogP contribution < -0.4 is 5.73 Å². The molecule has 0 aromatic rings. The van der Waals surface area contributed by atoms with Crippen LogP contribution in [-0.2, 0) is 4.79 Å². The molecular formula is C10H16N2O. The molecule has 1 amide bonds. The maximum atomic E-state index is 11.7. The van der Waals surface area contributed by atoms with E-state index in [9.17, 15) is 4.79 Å². The summed E-state index contributed by atoms with van der Waals surface area (Å²) in [5.41, 5.74) is 5.21. The maximum absolute atomic E-state index is 11.7. The Hall–Kier alpha value is -1.09. The van der Waals surface area contributed by atoms with Crippen LogP contribution in [0.15, 0.2) is 25.3 Å². The topological polar surface area (TPSA) is 46.3 Å². The Morgan fingerprint density at radius 2 is 1.85 bits per heavy atom. The standard InChI is InChI=1S/C10H16N2O/c1-3-7-12(8-4-2)9(13)10(11)5-6-10/h3-4H,1-2,5-8,11H2. The van der Waals surface area contributed by atoms with Gasteiger partial charge in [-0.2, -0.15) is 0 Å². The highest BCUT2D eigenvalue weighted by Gasteiger charge is 2.47. The normalized spacial score (nSPS) is 17.6. The number of carbonyl (C=O) groups excluding carboxylic acids is 1. The molecule has 0 spiro atoms. The minimum Gasteiger partial charge on any atom is -0.334 e. The molecule has 0 aliphatic heterocycles. The Morgan fingerprint density at radius 1 is 1.38 bits per heavy atom. The number of carbonyl (C=O) groups is 1. The second-order valence-corrected chi connectivity index (χ2v) is 3.44. The Labute approximate surface area is 78.9 Å². The molecule has 2 N–H and O–H groups in total. The number of amides is 1. The van der Waals surface area contributed by atoms with Gasteiger partial charge < -0.3 is 10.6 Å². The summed E-state index contributed by atoms with van der Waals surface area (Å²) in [6.45, 7) is 8.29. The third kappa shape index (κ3) is 2.18. The zero-order valence-corrected chi connectivity index (χ0v) is 7.83. The SMILES string of the molecule is C=CCN(CC=C)C(=O)C1(N)CC1. The molecule has 0 aromatic heterocycles. The van der Waals surface area contributed by atoms with E-state index in [1.807, 2.05) is 0 Å². The molecule has 1 fully saturated rings. The molecule has 72 valence electrons. The largest absolute Gasteiger partial charge is 0.334 e. The summed E-state index contributed by atoms with van der Waals surface area (Å²) in [4.78, 5) is 13.4. The van der Waals surface area contributed by atoms with Gasteiger partial charge in [0, 0.05) is 13.1 Å². The average molecular weight is 180 g/mol. The minimum absolute atomic E-state index is 0.0206. The summed E-state index contributed by atoms with van der Waals surface area (Å²) in [7, 11) is 0. The van der Waals surface area contributed by atoms with Crippen molar-refractivity contribution < 1.29 is 4.79 Å². The second-order valence-electron chi connectivity index (χ2n) is 3.44. The first kappa shape index (κ1) is 9.99. The van der Waals surface area contributed by atoms with E-state index in [0.717, 1.165) is 12.8 Å². The van der Waals surface area contributed by atoms with Crippen LogP contribution in [0.25, 0.3) is 0 Å². The van der Waals surface area contributed by atoms with E-state index >= 15 is 0 Å². The van der Waals surface area contributed by atoms with Gasteiger partial charge in [0.25, 0.3) is 0 Å². The molecule has 3 nitrogen and oxygen atoms in total. The van der Waals surface area contributed by atoms with Gasteiger partial charge in [-0.3, -0.25) is 4.79 Å². The molecule has 0 bridgehead atoms. The number of hydrogen-bond donors (Lipinski definition) is 1. The zero-order valence-electron chi connectivity index (χ0n) is 7.83. The predicted molar refractivity (Wildman–Crippen MR) is 53.1 cm³/mol. The van der Waals surface area contributed by atoms with E-state index in [1.165, 1.54) is 0 Å². The zero-order chi connectivity index (χ0) is 9.90. The molecule has 0 radical (unpaired) electrons. The van der Waals surface area contributed by atoms with Crippen LogP contribution in [-0.4, -0.2) is 29.4 Å². The van der Waals surface area contributed by atoms with Crippen LogP contribution in [0.2, 0.25) is 0 Å². The van der Waals surface area contributed by atoms with Crippen molar-refractivity contribution in [1.29, 1.82) is 0 Å². The van der Waals surface area contributed by atoms with Gasteiger partial charge in [0.2, 0.25) is 5.91 Å². The molecule has 13 heavy (non-hydrogen) atoms. The van der Waals surface area contributed by atoms with Gasteiger partial charge in [-0.25, -0.2) is 0 Å². The molecule has 3 heteroatoms. The first-order valence-corrected chi connectivity index (χ1v) is 4.44. The summed E-state index contributed by atoms with van der Waals surface area (Å²) >= 11 is 0. The minimum atomic E-state index is -0.577. The predicted octanol–water partition coefficient (Wildman–Crippen LogP) is 0.678. The van der Waals surface area contributed by atoms with Gasteiger partial charge in [0.1, 0.15) is 0 Å². The third-order valence-corrected chi connectivity index (χ3v) is 2.20. The van der Waals surface area contributed by atoms with E-state index in [2.05, 4.69) is 13.2 Å². The summed E-state index contributed by atoms with van der Waals surface area (Å²) < 4.78 is 0. The van der Waals surface area contributed by atoms with Crippen LogP contribution in [0.5, 0.6) is 0 Å². The van der Waals surface area contributed by atoms with Crippen LogP contribution in [0.4, 0.5) is 0 Å². The molecule has 1 aliphatic rings. The van der Waals surface area contributed by atoms with Crippen molar-refractivity contribution in [1.82, 2.24) is 4.90 Å². The molecule has 0 unspecified atom stereocenters. The number of nitrogens with zero attached hydrogens (tertiary/aromatic N) is 1. The fourth-order valence-electron chi connectivity index (χ4n) is 1.22. The lowest BCUT2D eigenvalue weighted by molar-refractivity contribution is -0.132. The van der Waals surface area contributed by atoms with Gasteiger partial charge in [0.05, 0.1) is 5.54 Å². The van der Waals surface area contributed by atoms with Gasteiger partial charge >= 0.3 is 0 Å². The van der Waals surface area contributed by atoms with E-state index in [4.69, 9.17) is 5.73 Å². The second kappa shape index (κ2) is 3.75. The fraction of sp³-hybridized carbons (Fsp3) is 0.500. The summed E-state index contributed by atoms with van der Waals surface area (Å²) in [6, 6.07) is 0. The van der Waals surface area contributed by atoms with E-state index in [0.29, 0.717) is 13.1 Å². The van der Waals surface area contributed by atoms with Crippen molar-refractivity contribution in [2.45, 2.75) is 18.4 Å². The van der Waals surface area contributed by atoms with Gasteiger partial charge in [-0.15, -0.1) is 13.2 Å². The number of rotatable bonds is 5. The number of nitrogens with two attached hydrogens (primary N) is 1. The van der Waals surface area contributed by atoms with E-state index in [1.54, 1.807) is 17.1 Å². The first-order chi connectivity index (χ1) is 6.14. The Balaban J connectivity index is 2.57. The van der Waals surface area contributed by atoms with Crippen molar-refractivity contribution >= 4 is 5.91 Å². The smallest absolute Gasteiger partial charge is 0.243 e. The molecule has 0 atom stereocenters. The quantitative estimate of drug-likeness (QED) is 0.632. The molecule has 0 aromatic carbocycles. The summed E-state index contributed by atoms with van der Waals surface area (Å²) in [5, 5.41) is 0. The van der Waals surface area contributed by atoms with Crippen molar-refractivity contribution in [3.63, 3.8) is 0 Å². The van der Waals surface area contributed by atoms with E-state index < -0.39 is 5.54 Å². The number of hydrogen-bond acceptors (Lipinski definition) is 2. The van der Waals surface area contributed by atoms with E-state index in [-0.39, 0.29) is 5.91 Å². The van der Waals surface area contributed by atoms with Gasteiger partial charge in [0.15, 0.2) is 0 Å². The highest BCUT2D eigenvalue weighted by Crippen LogP contribution is 2.34. The van der Waals surface area contributed by atoms with Crippen molar-refractivity contribution in [3.8, 4) is 0 Å². The van der Waals surface area contributed by atoms with Crippen LogP contribution in [0, 0.1) is 0 Å². The lowest BCUT2D eigenvalue weighted by Gasteiger charge is -2.22. The highest BCUT2D eigenvalue weighted by molar-refractivity contribution is 5.89. The molecular weight excluding hydrogens is 164 g/mol. The van der Waals surface area contributed by atoms with Gasteiger partial charge in [-0.05, 0) is 12.8 Å². The highest BCUT2D eigenvalue weighted by atomic mass is 16.2. The van der Waals surface area contributed by atoms with Crippen LogP contribution >= 0.6 is 0 Å². The molecule has 0 heterocycles. The summed E-state index contributed by atoms with van der Waals surface area (Å²) in [6.07, 6.45) is 5.01. The first-order valence-electron chi connectivity index (χ1n) is 4.44. The lowest BCUT2D eigenvalue weighted by atomic mass is 10.2. The fourth-order valence-corrected chi connectivity index (χ4v) is 1.22. The average Bonchev–Trinajstić information content (AvgIpc) is 2.84. The molecule has 1 rings (SSSR count).